The molecule has 0 aromatic heterocycles. The summed E-state index contributed by atoms with van der Waals surface area (Å²) in [4.78, 5) is 7.71. The van der Waals surface area contributed by atoms with Crippen LogP contribution in [0, 0.1) is 17.2 Å². The molecule has 4 heteroatoms. The van der Waals surface area contributed by atoms with E-state index in [4.69, 9.17) is 9.73 Å². The first kappa shape index (κ1) is 20.9. The van der Waals surface area contributed by atoms with Gasteiger partial charge in [-0.2, -0.15) is 5.26 Å². The standard InChI is InChI=1S/C29H33N3O/c30-15-12-24-18-23-11-10-22(26-9-3-7-21-6-1-2-8-25(21)26)19-27(23)31-28(24)33-20-29-13-4-16-32(29)17-5-14-29/h3,7,9-11,18-19,23,27H,1-2,4-6,8,12-14,16-17,20H2. The number of aryl methyl sites for hydroxylation is 1. The van der Waals surface area contributed by atoms with Gasteiger partial charge in [-0.1, -0.05) is 42.5 Å². The maximum atomic E-state index is 9.42. The molecule has 3 heterocycles. The maximum absolute atomic E-state index is 9.42. The number of allylic oxidation sites excluding steroid dienone is 2. The molecule has 6 rings (SSSR count). The second-order valence-electron chi connectivity index (χ2n) is 10.4. The zero-order valence-electron chi connectivity index (χ0n) is 19.4. The first-order valence-corrected chi connectivity index (χ1v) is 12.8. The third-order valence-electron chi connectivity index (χ3n) is 8.44. The molecule has 2 aliphatic carbocycles. The Morgan fingerprint density at radius 3 is 2.79 bits per heavy atom. The smallest absolute Gasteiger partial charge is 0.213 e. The lowest BCUT2D eigenvalue weighted by atomic mass is 9.81. The Labute approximate surface area is 197 Å². The van der Waals surface area contributed by atoms with Gasteiger partial charge < -0.3 is 4.74 Å². The molecule has 0 amide bonds. The number of aliphatic imine (C=N–C) groups is 1. The number of hydrogen-bond donors (Lipinski definition) is 0. The van der Waals surface area contributed by atoms with Crippen LogP contribution in [-0.2, 0) is 17.6 Å². The molecule has 2 fully saturated rings. The Morgan fingerprint density at radius 2 is 1.94 bits per heavy atom. The molecule has 2 unspecified atom stereocenters. The minimum Gasteiger partial charge on any atom is -0.476 e. The summed E-state index contributed by atoms with van der Waals surface area (Å²) in [6.45, 7) is 3.09. The van der Waals surface area contributed by atoms with Crippen LogP contribution >= 0.6 is 0 Å². The van der Waals surface area contributed by atoms with Crippen LogP contribution in [0.5, 0.6) is 0 Å². The van der Waals surface area contributed by atoms with Crippen LogP contribution in [0.2, 0.25) is 0 Å². The van der Waals surface area contributed by atoms with E-state index in [1.165, 1.54) is 86.7 Å². The van der Waals surface area contributed by atoms with Gasteiger partial charge in [0.05, 0.1) is 24.1 Å². The molecule has 1 aromatic carbocycles. The van der Waals surface area contributed by atoms with E-state index in [0.29, 0.717) is 18.9 Å². The topological polar surface area (TPSA) is 48.6 Å². The van der Waals surface area contributed by atoms with E-state index < -0.39 is 0 Å². The summed E-state index contributed by atoms with van der Waals surface area (Å²) in [5.74, 6) is 0.906. The van der Waals surface area contributed by atoms with Crippen molar-refractivity contribution >= 4 is 11.5 Å². The monoisotopic (exact) mass is 439 g/mol. The van der Waals surface area contributed by atoms with E-state index in [9.17, 15) is 5.26 Å². The van der Waals surface area contributed by atoms with Gasteiger partial charge in [0.15, 0.2) is 0 Å². The Morgan fingerprint density at radius 1 is 1.09 bits per heavy atom. The number of benzene rings is 1. The van der Waals surface area contributed by atoms with Crippen molar-refractivity contribution < 1.29 is 4.74 Å². The minimum atomic E-state index is 0.0441. The summed E-state index contributed by atoms with van der Waals surface area (Å²) in [6.07, 6.45) is 19.4. The van der Waals surface area contributed by atoms with Crippen LogP contribution in [-0.4, -0.2) is 42.1 Å². The molecular formula is C29H33N3O. The summed E-state index contributed by atoms with van der Waals surface area (Å²) in [7, 11) is 0. The van der Waals surface area contributed by atoms with E-state index in [0.717, 1.165) is 5.57 Å². The molecule has 0 spiro atoms. The minimum absolute atomic E-state index is 0.0441. The molecule has 0 bridgehead atoms. The van der Waals surface area contributed by atoms with Gasteiger partial charge in [-0.15, -0.1) is 0 Å². The van der Waals surface area contributed by atoms with Gasteiger partial charge in [0.2, 0.25) is 5.90 Å². The first-order chi connectivity index (χ1) is 16.3. The third-order valence-corrected chi connectivity index (χ3v) is 8.44. The predicted octanol–water partition coefficient (Wildman–Crippen LogP) is 5.40. The lowest BCUT2D eigenvalue weighted by molar-refractivity contribution is 0.106. The molecule has 170 valence electrons. The Bertz CT molecular complexity index is 1090. The largest absolute Gasteiger partial charge is 0.476 e. The van der Waals surface area contributed by atoms with Crippen LogP contribution in [0.25, 0.3) is 5.57 Å². The second kappa shape index (κ2) is 8.61. The van der Waals surface area contributed by atoms with Gasteiger partial charge in [-0.25, -0.2) is 4.99 Å². The molecule has 0 radical (unpaired) electrons. The van der Waals surface area contributed by atoms with Crippen molar-refractivity contribution in [3.63, 3.8) is 0 Å². The van der Waals surface area contributed by atoms with E-state index in [-0.39, 0.29) is 17.5 Å². The average Bonchev–Trinajstić information content (AvgIpc) is 3.43. The summed E-state index contributed by atoms with van der Waals surface area (Å²) in [5.41, 5.74) is 6.84. The highest BCUT2D eigenvalue weighted by Gasteiger charge is 2.45. The fraction of sp³-hybridized carbons (Fsp3) is 0.517. The molecule has 2 atom stereocenters. The number of rotatable bonds is 4. The highest BCUT2D eigenvalue weighted by Crippen LogP contribution is 2.40. The number of fused-ring (bicyclic) bond motifs is 3. The average molecular weight is 440 g/mol. The highest BCUT2D eigenvalue weighted by atomic mass is 16.5. The van der Waals surface area contributed by atoms with Crippen LogP contribution in [0.4, 0.5) is 0 Å². The lowest BCUT2D eigenvalue weighted by Crippen LogP contribution is -2.43. The lowest BCUT2D eigenvalue weighted by Gasteiger charge is -2.33. The van der Waals surface area contributed by atoms with Gasteiger partial charge in [0, 0.05) is 11.5 Å². The van der Waals surface area contributed by atoms with Crippen molar-refractivity contribution in [2.24, 2.45) is 10.9 Å². The molecule has 5 aliphatic rings. The Hall–Kier alpha value is -2.64. The van der Waals surface area contributed by atoms with Crippen molar-refractivity contribution in [1.29, 1.82) is 5.26 Å². The molecule has 33 heavy (non-hydrogen) atoms. The van der Waals surface area contributed by atoms with Crippen molar-refractivity contribution in [2.75, 3.05) is 19.7 Å². The third kappa shape index (κ3) is 3.77. The maximum Gasteiger partial charge on any atom is 0.213 e. The van der Waals surface area contributed by atoms with E-state index >= 15 is 0 Å². The van der Waals surface area contributed by atoms with E-state index in [2.05, 4.69) is 53.5 Å². The highest BCUT2D eigenvalue weighted by molar-refractivity contribution is 5.95. The van der Waals surface area contributed by atoms with Crippen LogP contribution in [0.3, 0.4) is 0 Å². The van der Waals surface area contributed by atoms with Crippen molar-refractivity contribution in [3.8, 4) is 6.07 Å². The molecule has 0 N–H and O–H groups in total. The van der Waals surface area contributed by atoms with Gasteiger partial charge >= 0.3 is 0 Å². The SMILES string of the molecule is N#CCC1=CC2C=CC(c3cccc4c3CCCC4)=CC2N=C1OCC12CCCN1CCC2. The number of nitrogens with zero attached hydrogens (tertiary/aromatic N) is 3. The zero-order chi connectivity index (χ0) is 22.3. The van der Waals surface area contributed by atoms with Gasteiger partial charge in [-0.05, 0) is 86.7 Å². The van der Waals surface area contributed by atoms with Crippen LogP contribution in [0.15, 0.2) is 53.1 Å². The first-order valence-electron chi connectivity index (χ1n) is 12.8. The van der Waals surface area contributed by atoms with E-state index in [1.54, 1.807) is 0 Å². The van der Waals surface area contributed by atoms with Gasteiger partial charge in [0.1, 0.15) is 6.61 Å². The zero-order valence-corrected chi connectivity index (χ0v) is 19.4. The number of ether oxygens (including phenoxy) is 1. The second-order valence-corrected chi connectivity index (χ2v) is 10.4. The molecule has 4 nitrogen and oxygen atoms in total. The normalized spacial score (nSPS) is 27.5. The molecule has 3 aliphatic heterocycles. The fourth-order valence-corrected chi connectivity index (χ4v) is 6.72. The number of dihydropyridines is 1. The Balaban J connectivity index is 1.28. The quantitative estimate of drug-likeness (QED) is 0.631. The molecule has 1 aromatic rings. The van der Waals surface area contributed by atoms with E-state index in [1.807, 2.05) is 0 Å². The fourth-order valence-electron chi connectivity index (χ4n) is 6.72. The molecular weight excluding hydrogens is 406 g/mol. The summed E-state index contributed by atoms with van der Waals surface area (Å²) >= 11 is 0. The number of nitriles is 1. The summed E-state index contributed by atoms with van der Waals surface area (Å²) < 4.78 is 6.45. The van der Waals surface area contributed by atoms with Gasteiger partial charge in [-0.3, -0.25) is 4.90 Å². The van der Waals surface area contributed by atoms with Crippen molar-refractivity contribution in [2.45, 2.75) is 69.4 Å². The Kier molecular flexibility index (Phi) is 5.46. The summed E-state index contributed by atoms with van der Waals surface area (Å²) in [5, 5.41) is 9.42. The van der Waals surface area contributed by atoms with Gasteiger partial charge in [0.25, 0.3) is 0 Å². The predicted molar refractivity (Wildman–Crippen MR) is 132 cm³/mol. The summed E-state index contributed by atoms with van der Waals surface area (Å²) in [6, 6.07) is 9.15. The molecule has 0 saturated carbocycles. The number of hydrogen-bond acceptors (Lipinski definition) is 4. The van der Waals surface area contributed by atoms with Crippen LogP contribution in [0.1, 0.15) is 61.6 Å². The van der Waals surface area contributed by atoms with Crippen molar-refractivity contribution in [1.82, 2.24) is 4.90 Å². The van der Waals surface area contributed by atoms with Crippen LogP contribution < -0.4 is 0 Å². The molecule has 2 saturated heterocycles. The van der Waals surface area contributed by atoms with Crippen molar-refractivity contribution in [3.05, 3.63) is 64.8 Å².